The quantitative estimate of drug-likeness (QED) is 0.159. The minimum atomic E-state index is 1.15. The highest BCUT2D eigenvalue weighted by Crippen LogP contribution is 2.44. The van der Waals surface area contributed by atoms with Crippen LogP contribution in [-0.2, 0) is 0 Å². The molecule has 274 valence electrons. The molecule has 13 rings (SSSR count). The van der Waals surface area contributed by atoms with E-state index in [1.54, 1.807) is 0 Å². The molecular formula is C56H35N3. The van der Waals surface area contributed by atoms with Gasteiger partial charge in [-0.15, -0.1) is 0 Å². The maximum Gasteiger partial charge on any atom is 0.0625 e. The van der Waals surface area contributed by atoms with Crippen LogP contribution >= 0.6 is 0 Å². The molecular weight excluding hydrogens is 715 g/mol. The molecule has 0 atom stereocenters. The van der Waals surface area contributed by atoms with E-state index in [9.17, 15) is 0 Å². The highest BCUT2D eigenvalue weighted by Gasteiger charge is 2.21. The van der Waals surface area contributed by atoms with Gasteiger partial charge >= 0.3 is 0 Å². The third-order valence-corrected chi connectivity index (χ3v) is 12.6. The Labute approximate surface area is 339 Å². The summed E-state index contributed by atoms with van der Waals surface area (Å²) in [7, 11) is 0. The van der Waals surface area contributed by atoms with Gasteiger partial charge in [0.1, 0.15) is 0 Å². The van der Waals surface area contributed by atoms with Crippen molar-refractivity contribution in [1.82, 2.24) is 13.7 Å². The van der Waals surface area contributed by atoms with Crippen LogP contribution in [0, 0.1) is 0 Å². The normalized spacial score (nSPS) is 12.1. The lowest BCUT2D eigenvalue weighted by Gasteiger charge is -2.12. The molecule has 3 aromatic heterocycles. The number of hydrogen-bond donors (Lipinski definition) is 0. The van der Waals surface area contributed by atoms with Crippen LogP contribution in [0.2, 0.25) is 0 Å². The summed E-state index contributed by atoms with van der Waals surface area (Å²) in [5.41, 5.74) is 13.1. The molecule has 0 aliphatic carbocycles. The number of rotatable bonds is 4. The summed E-state index contributed by atoms with van der Waals surface area (Å²) in [6, 6.07) is 77.9. The van der Waals surface area contributed by atoms with E-state index in [1.165, 1.54) is 104 Å². The predicted molar refractivity (Wildman–Crippen MR) is 250 cm³/mol. The second-order valence-electron chi connectivity index (χ2n) is 15.7. The lowest BCUT2D eigenvalue weighted by atomic mass is 9.96. The van der Waals surface area contributed by atoms with Gasteiger partial charge in [0, 0.05) is 54.8 Å². The molecule has 0 bridgehead atoms. The predicted octanol–water partition coefficient (Wildman–Crippen LogP) is 15.0. The number of fused-ring (bicyclic) bond motifs is 14. The van der Waals surface area contributed by atoms with Crippen molar-refractivity contribution in [2.75, 3.05) is 0 Å². The summed E-state index contributed by atoms with van der Waals surface area (Å²) in [5, 5.41) is 12.6. The van der Waals surface area contributed by atoms with E-state index >= 15 is 0 Å². The molecule has 0 aliphatic rings. The Bertz CT molecular complexity index is 3830. The van der Waals surface area contributed by atoms with Crippen LogP contribution in [0.4, 0.5) is 0 Å². The topological polar surface area (TPSA) is 14.8 Å². The zero-order chi connectivity index (χ0) is 38.6. The van der Waals surface area contributed by atoms with Crippen molar-refractivity contribution in [3.63, 3.8) is 0 Å². The maximum absolute atomic E-state index is 2.47. The SMILES string of the molecule is c1ccc(-n2c3ccccc3c3ccc(-c4ccc5c(c4)c4ccccc4n5-c4ccc5c(c4)c4c6ccccc6c6ccccc6c4n5-c4ccccc4)cc32)cc1. The van der Waals surface area contributed by atoms with Crippen LogP contribution < -0.4 is 0 Å². The minimum absolute atomic E-state index is 1.15. The van der Waals surface area contributed by atoms with Crippen LogP contribution in [0.25, 0.3) is 115 Å². The molecule has 3 heterocycles. The van der Waals surface area contributed by atoms with Crippen molar-refractivity contribution < 1.29 is 0 Å². The number of hydrogen-bond acceptors (Lipinski definition) is 0. The smallest absolute Gasteiger partial charge is 0.0625 e. The molecule has 0 spiro atoms. The Kier molecular flexibility index (Phi) is 6.72. The number of aromatic nitrogens is 3. The van der Waals surface area contributed by atoms with E-state index in [0.717, 1.165) is 11.4 Å². The fraction of sp³-hybridized carbons (Fsp3) is 0. The first kappa shape index (κ1) is 32.2. The van der Waals surface area contributed by atoms with Crippen LogP contribution in [0.15, 0.2) is 212 Å². The van der Waals surface area contributed by atoms with Crippen LogP contribution in [0.5, 0.6) is 0 Å². The van der Waals surface area contributed by atoms with Crippen LogP contribution in [0.1, 0.15) is 0 Å². The molecule has 0 N–H and O–H groups in total. The molecule has 0 radical (unpaired) electrons. The monoisotopic (exact) mass is 749 g/mol. The lowest BCUT2D eigenvalue weighted by molar-refractivity contribution is 1.17. The Hall–Kier alpha value is -7.88. The summed E-state index contributed by atoms with van der Waals surface area (Å²) in [5.74, 6) is 0. The largest absolute Gasteiger partial charge is 0.309 e. The maximum atomic E-state index is 2.47. The number of benzene rings is 10. The second-order valence-corrected chi connectivity index (χ2v) is 15.7. The molecule has 3 nitrogen and oxygen atoms in total. The average Bonchev–Trinajstić information content (AvgIpc) is 3.95. The molecule has 0 saturated carbocycles. The van der Waals surface area contributed by atoms with E-state index in [-0.39, 0.29) is 0 Å². The van der Waals surface area contributed by atoms with Gasteiger partial charge in [0.2, 0.25) is 0 Å². The van der Waals surface area contributed by atoms with Gasteiger partial charge in [0.25, 0.3) is 0 Å². The zero-order valence-corrected chi connectivity index (χ0v) is 32.0. The van der Waals surface area contributed by atoms with Gasteiger partial charge in [-0.1, -0.05) is 140 Å². The highest BCUT2D eigenvalue weighted by molar-refractivity contribution is 6.32. The highest BCUT2D eigenvalue weighted by atomic mass is 15.0. The Morgan fingerprint density at radius 3 is 1.39 bits per heavy atom. The van der Waals surface area contributed by atoms with Crippen molar-refractivity contribution >= 4 is 87.0 Å². The lowest BCUT2D eigenvalue weighted by Crippen LogP contribution is -1.96. The number of nitrogens with zero attached hydrogens (tertiary/aromatic N) is 3. The second kappa shape index (κ2) is 12.3. The van der Waals surface area contributed by atoms with E-state index < -0.39 is 0 Å². The summed E-state index contributed by atoms with van der Waals surface area (Å²) in [6.07, 6.45) is 0. The summed E-state index contributed by atoms with van der Waals surface area (Å²) >= 11 is 0. The molecule has 0 amide bonds. The fourth-order valence-electron chi connectivity index (χ4n) is 10.1. The van der Waals surface area contributed by atoms with Crippen LogP contribution in [0.3, 0.4) is 0 Å². The summed E-state index contributed by atoms with van der Waals surface area (Å²) < 4.78 is 7.32. The standard InChI is InChI=1S/C56H35N3/c1-3-15-38(16-4-1)57-50-25-13-11-21-43(50)45-30-27-37(34-54(45)57)36-28-31-52-48(33-36)44-22-12-14-26-51(44)58(52)40-29-32-53-49(35-40)55-46-23-9-7-19-41(46)42-20-8-10-24-47(42)56(55)59(53)39-17-5-2-6-18-39/h1-35H. The first-order valence-electron chi connectivity index (χ1n) is 20.4. The van der Waals surface area contributed by atoms with Crippen molar-refractivity contribution in [2.24, 2.45) is 0 Å². The Morgan fingerprint density at radius 1 is 0.220 bits per heavy atom. The molecule has 13 aromatic rings. The van der Waals surface area contributed by atoms with E-state index in [0.29, 0.717) is 0 Å². The molecule has 0 fully saturated rings. The van der Waals surface area contributed by atoms with Gasteiger partial charge in [-0.25, -0.2) is 0 Å². The van der Waals surface area contributed by atoms with Gasteiger partial charge in [-0.3, -0.25) is 0 Å². The van der Waals surface area contributed by atoms with Gasteiger partial charge in [0.15, 0.2) is 0 Å². The van der Waals surface area contributed by atoms with Crippen molar-refractivity contribution in [1.29, 1.82) is 0 Å². The van der Waals surface area contributed by atoms with E-state index in [2.05, 4.69) is 226 Å². The third kappa shape index (κ3) is 4.58. The molecule has 0 unspecified atom stereocenters. The van der Waals surface area contributed by atoms with Crippen LogP contribution in [-0.4, -0.2) is 13.7 Å². The molecule has 59 heavy (non-hydrogen) atoms. The zero-order valence-electron chi connectivity index (χ0n) is 32.0. The Balaban J connectivity index is 1.06. The van der Waals surface area contributed by atoms with Crippen molar-refractivity contribution in [3.05, 3.63) is 212 Å². The fourth-order valence-corrected chi connectivity index (χ4v) is 10.1. The average molecular weight is 750 g/mol. The van der Waals surface area contributed by atoms with Gasteiger partial charge in [-0.05, 0) is 100 Å². The van der Waals surface area contributed by atoms with Crippen molar-refractivity contribution in [2.45, 2.75) is 0 Å². The van der Waals surface area contributed by atoms with E-state index in [1.807, 2.05) is 0 Å². The summed E-state index contributed by atoms with van der Waals surface area (Å²) in [4.78, 5) is 0. The first-order valence-corrected chi connectivity index (χ1v) is 20.4. The van der Waals surface area contributed by atoms with E-state index in [4.69, 9.17) is 0 Å². The van der Waals surface area contributed by atoms with Crippen molar-refractivity contribution in [3.8, 4) is 28.2 Å². The first-order chi connectivity index (χ1) is 29.3. The Morgan fingerprint density at radius 2 is 0.678 bits per heavy atom. The molecule has 3 heteroatoms. The number of para-hydroxylation sites is 4. The minimum Gasteiger partial charge on any atom is -0.309 e. The molecule has 10 aromatic carbocycles. The third-order valence-electron chi connectivity index (χ3n) is 12.6. The van der Waals surface area contributed by atoms with Gasteiger partial charge in [-0.2, -0.15) is 0 Å². The van der Waals surface area contributed by atoms with Gasteiger partial charge in [0.05, 0.1) is 33.1 Å². The van der Waals surface area contributed by atoms with Gasteiger partial charge < -0.3 is 13.7 Å². The summed E-state index contributed by atoms with van der Waals surface area (Å²) in [6.45, 7) is 0. The molecule has 0 aliphatic heterocycles. The molecule has 0 saturated heterocycles.